The fourth-order valence-electron chi connectivity index (χ4n) is 1.74. The van der Waals surface area contributed by atoms with Crippen molar-refractivity contribution in [1.29, 1.82) is 0 Å². The number of carbonyl (C=O) groups excluding carboxylic acids is 2. The summed E-state index contributed by atoms with van der Waals surface area (Å²) in [5.41, 5.74) is 1.39. The molecular formula is C16H14NO3S-. The number of carboxylic acid groups (broad SMARTS) is 1. The number of carbonyl (C=O) groups is 2. The van der Waals surface area contributed by atoms with Crippen molar-refractivity contribution < 1.29 is 14.7 Å². The highest BCUT2D eigenvalue weighted by Gasteiger charge is 2.07. The van der Waals surface area contributed by atoms with Crippen molar-refractivity contribution in [1.82, 2.24) is 0 Å². The van der Waals surface area contributed by atoms with E-state index in [0.717, 1.165) is 10.5 Å². The van der Waals surface area contributed by atoms with Gasteiger partial charge in [-0.25, -0.2) is 0 Å². The van der Waals surface area contributed by atoms with E-state index in [9.17, 15) is 14.7 Å². The molecule has 1 N–H and O–H groups in total. The molecule has 0 aliphatic rings. The van der Waals surface area contributed by atoms with Crippen LogP contribution in [0.5, 0.6) is 0 Å². The van der Waals surface area contributed by atoms with Crippen LogP contribution in [0.15, 0.2) is 53.4 Å². The zero-order valence-electron chi connectivity index (χ0n) is 11.5. The Morgan fingerprint density at radius 2 is 1.76 bits per heavy atom. The van der Waals surface area contributed by atoms with E-state index >= 15 is 0 Å². The third-order valence-corrected chi connectivity index (χ3v) is 3.82. The van der Waals surface area contributed by atoms with Gasteiger partial charge < -0.3 is 15.2 Å². The molecule has 5 heteroatoms. The summed E-state index contributed by atoms with van der Waals surface area (Å²) >= 11 is 1.40. The molecule has 0 aliphatic carbocycles. The summed E-state index contributed by atoms with van der Waals surface area (Å²) in [6, 6.07) is 14.0. The Labute approximate surface area is 127 Å². The summed E-state index contributed by atoms with van der Waals surface area (Å²) in [5.74, 6) is -1.35. The highest BCUT2D eigenvalue weighted by molar-refractivity contribution is 8.00. The van der Waals surface area contributed by atoms with Gasteiger partial charge >= 0.3 is 0 Å². The molecule has 2 rings (SSSR count). The third-order valence-electron chi connectivity index (χ3n) is 2.81. The van der Waals surface area contributed by atoms with Crippen LogP contribution in [-0.4, -0.2) is 17.6 Å². The fourth-order valence-corrected chi connectivity index (χ4v) is 2.44. The number of nitrogens with one attached hydrogen (secondary N) is 1. The maximum absolute atomic E-state index is 11.9. The van der Waals surface area contributed by atoms with Crippen LogP contribution in [0.4, 0.5) is 5.69 Å². The molecule has 4 nitrogen and oxygen atoms in total. The number of aromatic carboxylic acids is 1. The van der Waals surface area contributed by atoms with Crippen molar-refractivity contribution in [3.63, 3.8) is 0 Å². The molecule has 2 aromatic carbocycles. The third kappa shape index (κ3) is 4.36. The van der Waals surface area contributed by atoms with Crippen LogP contribution < -0.4 is 10.4 Å². The standard InChI is InChI=1S/C16H15NO3S/c1-11-6-8-12(9-7-11)21-10-15(18)17-14-5-3-2-4-13(14)16(19)20/h2-9H,10H2,1H3,(H,17,18)(H,19,20)/p-1. The van der Waals surface area contributed by atoms with E-state index in [0.29, 0.717) is 0 Å². The Morgan fingerprint density at radius 3 is 2.43 bits per heavy atom. The van der Waals surface area contributed by atoms with Crippen LogP contribution in [-0.2, 0) is 4.79 Å². The van der Waals surface area contributed by atoms with Gasteiger partial charge in [-0.05, 0) is 25.1 Å². The molecule has 0 unspecified atom stereocenters. The molecule has 0 fully saturated rings. The minimum absolute atomic E-state index is 0.0221. The van der Waals surface area contributed by atoms with Crippen LogP contribution in [0, 0.1) is 6.92 Å². The summed E-state index contributed by atoms with van der Waals surface area (Å²) in [7, 11) is 0. The first kappa shape index (κ1) is 15.1. The van der Waals surface area contributed by atoms with Crippen molar-refractivity contribution in [2.45, 2.75) is 11.8 Å². The van der Waals surface area contributed by atoms with Crippen molar-refractivity contribution in [3.05, 3.63) is 59.7 Å². The number of hydrogen-bond acceptors (Lipinski definition) is 4. The lowest BCUT2D eigenvalue weighted by molar-refractivity contribution is -0.254. The summed E-state index contributed by atoms with van der Waals surface area (Å²) < 4.78 is 0. The van der Waals surface area contributed by atoms with E-state index in [1.807, 2.05) is 31.2 Å². The minimum atomic E-state index is -1.31. The highest BCUT2D eigenvalue weighted by atomic mass is 32.2. The zero-order chi connectivity index (χ0) is 15.2. The first-order chi connectivity index (χ1) is 10.1. The lowest BCUT2D eigenvalue weighted by Crippen LogP contribution is -2.25. The smallest absolute Gasteiger partial charge is 0.234 e. The van der Waals surface area contributed by atoms with Crippen LogP contribution in [0.2, 0.25) is 0 Å². The predicted molar refractivity (Wildman–Crippen MR) is 81.3 cm³/mol. The maximum atomic E-state index is 11.9. The molecular weight excluding hydrogens is 286 g/mol. The van der Waals surface area contributed by atoms with E-state index in [4.69, 9.17) is 0 Å². The fraction of sp³-hybridized carbons (Fsp3) is 0.125. The van der Waals surface area contributed by atoms with Gasteiger partial charge in [0, 0.05) is 16.1 Å². The van der Waals surface area contributed by atoms with E-state index in [-0.39, 0.29) is 22.9 Å². The Morgan fingerprint density at radius 1 is 1.10 bits per heavy atom. The minimum Gasteiger partial charge on any atom is -0.545 e. The number of benzene rings is 2. The number of amides is 1. The van der Waals surface area contributed by atoms with Gasteiger partial charge in [0.15, 0.2) is 0 Å². The molecule has 0 radical (unpaired) electrons. The quantitative estimate of drug-likeness (QED) is 0.858. The van der Waals surface area contributed by atoms with E-state index in [1.165, 1.54) is 17.8 Å². The van der Waals surface area contributed by atoms with Gasteiger partial charge in [0.1, 0.15) is 0 Å². The second-order valence-electron chi connectivity index (χ2n) is 4.48. The average molecular weight is 300 g/mol. The molecule has 0 saturated carbocycles. The van der Waals surface area contributed by atoms with Crippen molar-refractivity contribution in [2.24, 2.45) is 0 Å². The molecule has 1 amide bonds. The van der Waals surface area contributed by atoms with Crippen molar-refractivity contribution in [3.8, 4) is 0 Å². The van der Waals surface area contributed by atoms with Gasteiger partial charge in [-0.2, -0.15) is 0 Å². The number of hydrogen-bond donors (Lipinski definition) is 1. The van der Waals surface area contributed by atoms with Crippen molar-refractivity contribution in [2.75, 3.05) is 11.1 Å². The Balaban J connectivity index is 1.96. The first-order valence-corrected chi connectivity index (χ1v) is 7.34. The molecule has 0 aromatic heterocycles. The molecule has 108 valence electrons. The maximum Gasteiger partial charge on any atom is 0.234 e. The number of rotatable bonds is 5. The normalized spacial score (nSPS) is 10.1. The molecule has 0 spiro atoms. The second kappa shape index (κ2) is 6.95. The molecule has 2 aromatic rings. The van der Waals surface area contributed by atoms with Gasteiger partial charge in [0.25, 0.3) is 0 Å². The monoisotopic (exact) mass is 300 g/mol. The molecule has 0 bridgehead atoms. The summed E-state index contributed by atoms with van der Waals surface area (Å²) in [5, 5.41) is 13.5. The summed E-state index contributed by atoms with van der Waals surface area (Å²) in [6.45, 7) is 2.00. The van der Waals surface area contributed by atoms with Crippen LogP contribution in [0.3, 0.4) is 0 Å². The largest absolute Gasteiger partial charge is 0.545 e. The van der Waals surface area contributed by atoms with Gasteiger partial charge in [0.2, 0.25) is 5.91 Å². The number of carboxylic acids is 1. The molecule has 0 aliphatic heterocycles. The first-order valence-electron chi connectivity index (χ1n) is 6.36. The molecule has 0 heterocycles. The summed E-state index contributed by atoms with van der Waals surface area (Å²) in [4.78, 5) is 23.8. The number of thioether (sulfide) groups is 1. The topological polar surface area (TPSA) is 69.2 Å². The predicted octanol–water partition coefficient (Wildman–Crippen LogP) is 2.09. The van der Waals surface area contributed by atoms with E-state index < -0.39 is 5.97 Å². The zero-order valence-corrected chi connectivity index (χ0v) is 12.3. The van der Waals surface area contributed by atoms with Gasteiger partial charge in [0.05, 0.1) is 11.7 Å². The Kier molecular flexibility index (Phi) is 5.00. The average Bonchev–Trinajstić information content (AvgIpc) is 2.47. The molecule has 0 atom stereocenters. The van der Waals surface area contributed by atoms with Gasteiger partial charge in [-0.15, -0.1) is 11.8 Å². The lowest BCUT2D eigenvalue weighted by Gasteiger charge is -2.11. The van der Waals surface area contributed by atoms with Crippen LogP contribution in [0.25, 0.3) is 0 Å². The Bertz CT molecular complexity index is 653. The van der Waals surface area contributed by atoms with E-state index in [1.54, 1.807) is 18.2 Å². The second-order valence-corrected chi connectivity index (χ2v) is 5.53. The lowest BCUT2D eigenvalue weighted by atomic mass is 10.2. The van der Waals surface area contributed by atoms with Crippen molar-refractivity contribution >= 4 is 29.3 Å². The number of aryl methyl sites for hydroxylation is 1. The van der Waals surface area contributed by atoms with Crippen LogP contribution >= 0.6 is 11.8 Å². The van der Waals surface area contributed by atoms with E-state index in [2.05, 4.69) is 5.32 Å². The Hall–Kier alpha value is -2.27. The van der Waals surface area contributed by atoms with Gasteiger partial charge in [-0.3, -0.25) is 4.79 Å². The number of para-hydroxylation sites is 1. The van der Waals surface area contributed by atoms with Crippen LogP contribution in [0.1, 0.15) is 15.9 Å². The molecule has 0 saturated heterocycles. The highest BCUT2D eigenvalue weighted by Crippen LogP contribution is 2.19. The SMILES string of the molecule is Cc1ccc(SCC(=O)Nc2ccccc2C(=O)[O-])cc1. The van der Waals surface area contributed by atoms with Gasteiger partial charge in [-0.1, -0.05) is 35.9 Å². The summed E-state index contributed by atoms with van der Waals surface area (Å²) in [6.07, 6.45) is 0. The number of anilines is 1. The molecule has 21 heavy (non-hydrogen) atoms.